The topological polar surface area (TPSA) is 90.7 Å². The number of allylic oxidation sites excluding steroid dienone is 4. The number of hydrogen-bond acceptors (Lipinski definition) is 6. The third kappa shape index (κ3) is 3.03. The van der Waals surface area contributed by atoms with Crippen LogP contribution in [0.1, 0.15) is 38.7 Å². The number of hydrogen-bond donors (Lipinski definition) is 2. The molecule has 9 atom stereocenters. The van der Waals surface area contributed by atoms with Crippen LogP contribution in [-0.2, 0) is 16.1 Å². The van der Waals surface area contributed by atoms with Gasteiger partial charge in [0.25, 0.3) is 0 Å². The summed E-state index contributed by atoms with van der Waals surface area (Å²) in [6, 6.07) is 3.84. The van der Waals surface area contributed by atoms with Crippen molar-refractivity contribution < 1.29 is 28.6 Å². The summed E-state index contributed by atoms with van der Waals surface area (Å²) in [5.74, 6) is -1.96. The predicted octanol–water partition coefficient (Wildman–Crippen LogP) is 2.99. The number of rotatable bonds is 4. The highest BCUT2D eigenvalue weighted by atomic mass is 19.1. The van der Waals surface area contributed by atoms with Crippen LogP contribution in [0.2, 0.25) is 0 Å². The zero-order valence-electron chi connectivity index (χ0n) is 21.2. The van der Waals surface area contributed by atoms with E-state index in [1.807, 2.05) is 19.1 Å². The molecule has 0 unspecified atom stereocenters. The molecular weight excluding hydrogens is 478 g/mol. The molecule has 1 aromatic rings. The highest BCUT2D eigenvalue weighted by molar-refractivity contribution is 6.01. The summed E-state index contributed by atoms with van der Waals surface area (Å²) in [7, 11) is 0. The van der Waals surface area contributed by atoms with Crippen LogP contribution in [-0.4, -0.2) is 69.3 Å². The van der Waals surface area contributed by atoms with Gasteiger partial charge in [0.15, 0.2) is 17.2 Å². The molecule has 198 valence electrons. The van der Waals surface area contributed by atoms with Crippen LogP contribution < -0.4 is 0 Å². The van der Waals surface area contributed by atoms with E-state index in [1.54, 1.807) is 19.3 Å². The predicted molar refractivity (Wildman–Crippen MR) is 132 cm³/mol. The fourth-order valence-electron chi connectivity index (χ4n) is 9.39. The molecule has 6 nitrogen and oxygen atoms in total. The van der Waals surface area contributed by atoms with Crippen LogP contribution in [0.3, 0.4) is 0 Å². The first-order valence-corrected chi connectivity index (χ1v) is 13.2. The van der Waals surface area contributed by atoms with E-state index in [1.165, 1.54) is 18.2 Å². The first-order chi connectivity index (χ1) is 17.5. The van der Waals surface area contributed by atoms with Gasteiger partial charge >= 0.3 is 0 Å². The third-order valence-electron chi connectivity index (χ3n) is 11.0. The number of pyridine rings is 1. The molecule has 1 saturated heterocycles. The van der Waals surface area contributed by atoms with Gasteiger partial charge in [-0.1, -0.05) is 19.1 Å². The monoisotopic (exact) mass is 512 g/mol. The number of aliphatic hydroxyl groups is 2. The first-order valence-electron chi connectivity index (χ1n) is 13.2. The lowest BCUT2D eigenvalue weighted by atomic mass is 9.43. The molecule has 0 spiro atoms. The maximum absolute atomic E-state index is 17.4. The van der Waals surface area contributed by atoms with Crippen LogP contribution in [0.4, 0.5) is 8.78 Å². The largest absolute Gasteiger partial charge is 0.390 e. The van der Waals surface area contributed by atoms with Crippen molar-refractivity contribution >= 4 is 11.6 Å². The average molecular weight is 513 g/mol. The molecule has 4 aliphatic carbocycles. The number of aliphatic hydroxyl groups excluding tert-OH is 2. The van der Waals surface area contributed by atoms with Crippen LogP contribution >= 0.6 is 0 Å². The van der Waals surface area contributed by atoms with Crippen molar-refractivity contribution in [1.29, 1.82) is 0 Å². The lowest BCUT2D eigenvalue weighted by Crippen LogP contribution is -2.69. The minimum atomic E-state index is -2.17. The summed E-state index contributed by atoms with van der Waals surface area (Å²) in [4.78, 5) is 32.0. The van der Waals surface area contributed by atoms with Crippen molar-refractivity contribution in [3.8, 4) is 0 Å². The fourth-order valence-corrected chi connectivity index (χ4v) is 9.39. The number of carbonyl (C=O) groups is 2. The molecule has 8 heteroatoms. The molecule has 0 radical (unpaired) electrons. The molecule has 0 bridgehead atoms. The van der Waals surface area contributed by atoms with Gasteiger partial charge in [-0.2, -0.15) is 0 Å². The molecule has 3 saturated carbocycles. The molecule has 0 amide bonds. The van der Waals surface area contributed by atoms with Gasteiger partial charge in [-0.25, -0.2) is 8.78 Å². The van der Waals surface area contributed by atoms with Crippen molar-refractivity contribution in [1.82, 2.24) is 9.88 Å². The number of fused-ring (bicyclic) bond motifs is 7. The summed E-state index contributed by atoms with van der Waals surface area (Å²) in [6.45, 7) is 4.51. The van der Waals surface area contributed by atoms with E-state index in [0.29, 0.717) is 26.1 Å². The van der Waals surface area contributed by atoms with E-state index in [9.17, 15) is 19.8 Å². The summed E-state index contributed by atoms with van der Waals surface area (Å²) >= 11 is 0. The Kier molecular flexibility index (Phi) is 5.48. The van der Waals surface area contributed by atoms with E-state index >= 15 is 8.78 Å². The Labute approximate surface area is 215 Å². The second-order valence-corrected chi connectivity index (χ2v) is 12.4. The van der Waals surface area contributed by atoms with E-state index < -0.39 is 46.7 Å². The number of carbonyl (C=O) groups excluding carboxylic acids is 2. The molecule has 37 heavy (non-hydrogen) atoms. The summed E-state index contributed by atoms with van der Waals surface area (Å²) in [6.07, 6.45) is 4.88. The minimum absolute atomic E-state index is 0.0370. The minimum Gasteiger partial charge on any atom is -0.390 e. The van der Waals surface area contributed by atoms with Crippen LogP contribution in [0.25, 0.3) is 0 Å². The Morgan fingerprint density at radius 3 is 2.76 bits per heavy atom. The first kappa shape index (κ1) is 25.0. The number of likely N-dealkylation sites (tertiary alicyclic amines) is 1. The smallest absolute Gasteiger partial charge is 0.178 e. The number of nitrogens with zero attached hydrogens (tertiary/aromatic N) is 2. The molecule has 6 rings (SSSR count). The lowest BCUT2D eigenvalue weighted by Gasteiger charge is -2.63. The Hall–Kier alpha value is -2.29. The van der Waals surface area contributed by atoms with E-state index in [-0.39, 0.29) is 41.8 Å². The number of Topliss-reactive ketones (excluding diaryl/α,β-unsaturated/α-hetero) is 1. The molecule has 2 heterocycles. The molecule has 2 N–H and O–H groups in total. The summed E-state index contributed by atoms with van der Waals surface area (Å²) in [5, 5.41) is 21.7. The van der Waals surface area contributed by atoms with Crippen molar-refractivity contribution in [2.24, 2.45) is 34.0 Å². The van der Waals surface area contributed by atoms with Crippen molar-refractivity contribution in [3.05, 3.63) is 53.9 Å². The van der Waals surface area contributed by atoms with Gasteiger partial charge in [0, 0.05) is 43.4 Å². The number of ketones is 2. The molecule has 1 aliphatic heterocycles. The zero-order chi connectivity index (χ0) is 26.4. The SMILES string of the molecule is C[C@]12C=CC(=O)C=C1[C@@H](F)C[C@H]1[C@@H]3C[C@H]4CN(Cc5cccnc5)C[C@@]4(C(=O)CO)[C@@]3(C)C[C@H](O)[C@@]12F. The van der Waals surface area contributed by atoms with Gasteiger partial charge < -0.3 is 10.2 Å². The Morgan fingerprint density at radius 2 is 2.05 bits per heavy atom. The molecule has 1 aromatic heterocycles. The number of alkyl halides is 2. The quantitative estimate of drug-likeness (QED) is 0.645. The number of aromatic nitrogens is 1. The van der Waals surface area contributed by atoms with E-state index in [2.05, 4.69) is 9.88 Å². The molecule has 4 fully saturated rings. The van der Waals surface area contributed by atoms with Gasteiger partial charge in [0.2, 0.25) is 0 Å². The van der Waals surface area contributed by atoms with Gasteiger partial charge in [-0.15, -0.1) is 0 Å². The van der Waals surface area contributed by atoms with Gasteiger partial charge in [-0.3, -0.25) is 19.5 Å². The highest BCUT2D eigenvalue weighted by Gasteiger charge is 2.78. The number of halogens is 2. The standard InChI is InChI=1S/C29H34F2N2O4/c1-26-6-5-19(35)9-22(26)23(30)10-21-20-8-18-14-33(13-17-4-3-7-32-12-17)16-28(18,25(37)15-34)27(20,2)11-24(36)29(21,26)31/h3-7,9,12,18,20-21,23-24,34,36H,8,10-11,13-16H2,1-2H3/t18-,20-,21-,23-,24-,26-,27-,28+,29-/m0/s1. The maximum Gasteiger partial charge on any atom is 0.178 e. The van der Waals surface area contributed by atoms with Crippen molar-refractivity contribution in [2.75, 3.05) is 19.7 Å². The summed E-state index contributed by atoms with van der Waals surface area (Å²) < 4.78 is 33.1. The normalized spacial score (nSPS) is 46.6. The van der Waals surface area contributed by atoms with Crippen LogP contribution in [0.5, 0.6) is 0 Å². The van der Waals surface area contributed by atoms with Gasteiger partial charge in [-0.05, 0) is 72.8 Å². The maximum atomic E-state index is 17.4. The fraction of sp³-hybridized carbons (Fsp3) is 0.621. The Bertz CT molecular complexity index is 1210. The lowest BCUT2D eigenvalue weighted by molar-refractivity contribution is -0.212. The zero-order valence-corrected chi connectivity index (χ0v) is 21.2. The Balaban J connectivity index is 1.41. The van der Waals surface area contributed by atoms with Gasteiger partial charge in [0.1, 0.15) is 12.8 Å². The Morgan fingerprint density at radius 1 is 1.27 bits per heavy atom. The third-order valence-corrected chi connectivity index (χ3v) is 11.0. The second-order valence-electron chi connectivity index (χ2n) is 12.4. The molecule has 5 aliphatic rings. The van der Waals surface area contributed by atoms with Crippen LogP contribution in [0, 0.1) is 34.0 Å². The van der Waals surface area contributed by atoms with Crippen molar-refractivity contribution in [3.63, 3.8) is 0 Å². The highest BCUT2D eigenvalue weighted by Crippen LogP contribution is 2.74. The van der Waals surface area contributed by atoms with Crippen molar-refractivity contribution in [2.45, 2.75) is 57.6 Å². The van der Waals surface area contributed by atoms with Gasteiger partial charge in [0.05, 0.1) is 11.5 Å². The summed E-state index contributed by atoms with van der Waals surface area (Å²) in [5.41, 5.74) is -4.27. The molecule has 0 aromatic carbocycles. The second kappa shape index (κ2) is 8.10. The molecular formula is C29H34F2N2O4. The van der Waals surface area contributed by atoms with Crippen LogP contribution in [0.15, 0.2) is 48.3 Å². The van der Waals surface area contributed by atoms with E-state index in [4.69, 9.17) is 0 Å². The van der Waals surface area contributed by atoms with E-state index in [0.717, 1.165) is 5.56 Å². The average Bonchev–Trinajstić information content (AvgIpc) is 3.34.